The number of hydrogen-bond donors (Lipinski definition) is 2. The summed E-state index contributed by atoms with van der Waals surface area (Å²) in [7, 11) is 0. The molecule has 0 amide bonds. The van der Waals surface area contributed by atoms with Crippen molar-refractivity contribution in [1.82, 2.24) is 15.4 Å². The minimum Gasteiger partial charge on any atom is -0.349 e. The summed E-state index contributed by atoms with van der Waals surface area (Å²) in [5.41, 5.74) is 1.69. The maximum absolute atomic E-state index is 14.2. The van der Waals surface area contributed by atoms with Crippen molar-refractivity contribution in [3.63, 3.8) is 0 Å². The van der Waals surface area contributed by atoms with E-state index in [0.29, 0.717) is 0 Å². The minimum absolute atomic E-state index is 0.147. The van der Waals surface area contributed by atoms with Gasteiger partial charge in [-0.1, -0.05) is 59.7 Å². The van der Waals surface area contributed by atoms with E-state index in [9.17, 15) is 4.39 Å². The number of fused-ring (bicyclic) bond motifs is 1. The van der Waals surface area contributed by atoms with Gasteiger partial charge in [-0.3, -0.25) is 0 Å². The molecule has 122 valence electrons. The van der Waals surface area contributed by atoms with Crippen LogP contribution < -0.4 is 10.6 Å². The molecule has 0 saturated heterocycles. The molecule has 0 bridgehead atoms. The standard InChI is InChI=1S/C19H14FN5/c20-18-17(21-14-9-2-1-3-10-14)19(24-25-23-18)22-16-12-6-8-13-7-4-5-11-15(13)16/h1-12H,(H,21,25)(H,22,23,24). The first-order valence-electron chi connectivity index (χ1n) is 7.77. The zero-order chi connectivity index (χ0) is 17.1. The fraction of sp³-hybridized carbons (Fsp3) is 0. The Bertz CT molecular complexity index is 1020. The SMILES string of the molecule is Fc1nnnc(Nc2cccc3ccccc23)c1Nc1ccccc1. The molecule has 4 aromatic rings. The molecule has 0 radical (unpaired) electrons. The predicted octanol–water partition coefficient (Wildman–Crippen LogP) is 4.65. The third kappa shape index (κ3) is 3.10. The molecule has 0 atom stereocenters. The highest BCUT2D eigenvalue weighted by Gasteiger charge is 2.14. The maximum atomic E-state index is 14.2. The summed E-state index contributed by atoms with van der Waals surface area (Å²) in [6, 6.07) is 23.1. The summed E-state index contributed by atoms with van der Waals surface area (Å²) < 4.78 is 14.2. The number of nitrogens with one attached hydrogen (secondary N) is 2. The van der Waals surface area contributed by atoms with Crippen LogP contribution in [0.5, 0.6) is 0 Å². The van der Waals surface area contributed by atoms with Crippen LogP contribution in [-0.4, -0.2) is 15.4 Å². The number of para-hydroxylation sites is 1. The molecule has 3 aromatic carbocycles. The Labute approximate surface area is 143 Å². The van der Waals surface area contributed by atoms with Gasteiger partial charge in [-0.05, 0) is 28.8 Å². The molecule has 1 heterocycles. The van der Waals surface area contributed by atoms with Crippen molar-refractivity contribution in [3.05, 3.63) is 78.7 Å². The molecule has 0 unspecified atom stereocenters. The summed E-state index contributed by atoms with van der Waals surface area (Å²) in [6.45, 7) is 0. The van der Waals surface area contributed by atoms with E-state index in [-0.39, 0.29) is 11.5 Å². The second-order valence-electron chi connectivity index (χ2n) is 5.45. The van der Waals surface area contributed by atoms with Gasteiger partial charge in [0.2, 0.25) is 0 Å². The molecule has 5 nitrogen and oxygen atoms in total. The molecule has 0 saturated carbocycles. The molecule has 25 heavy (non-hydrogen) atoms. The number of benzene rings is 3. The third-order valence-corrected chi connectivity index (χ3v) is 3.81. The molecule has 0 aliphatic carbocycles. The lowest BCUT2D eigenvalue weighted by Gasteiger charge is -2.13. The molecule has 0 spiro atoms. The molecule has 0 aliphatic rings. The molecular formula is C19H14FN5. The van der Waals surface area contributed by atoms with Crippen LogP contribution in [0.25, 0.3) is 10.8 Å². The summed E-state index contributed by atoms with van der Waals surface area (Å²) in [5, 5.41) is 19.1. The normalized spacial score (nSPS) is 10.6. The first-order chi connectivity index (χ1) is 12.3. The van der Waals surface area contributed by atoms with E-state index >= 15 is 0 Å². The Hall–Kier alpha value is -3.54. The molecule has 2 N–H and O–H groups in total. The van der Waals surface area contributed by atoms with E-state index in [4.69, 9.17) is 0 Å². The summed E-state index contributed by atoms with van der Waals surface area (Å²) in [5.74, 6) is -0.450. The van der Waals surface area contributed by atoms with Crippen molar-refractivity contribution in [2.24, 2.45) is 0 Å². The van der Waals surface area contributed by atoms with Gasteiger partial charge >= 0.3 is 0 Å². The van der Waals surface area contributed by atoms with Crippen molar-refractivity contribution in [3.8, 4) is 0 Å². The lowest BCUT2D eigenvalue weighted by atomic mass is 10.1. The number of rotatable bonds is 4. The molecular weight excluding hydrogens is 317 g/mol. The van der Waals surface area contributed by atoms with Crippen LogP contribution in [0.1, 0.15) is 0 Å². The Morgan fingerprint density at radius 1 is 0.720 bits per heavy atom. The summed E-state index contributed by atoms with van der Waals surface area (Å²) in [4.78, 5) is 0. The van der Waals surface area contributed by atoms with Gasteiger partial charge in [0, 0.05) is 16.8 Å². The second kappa shape index (κ2) is 6.52. The van der Waals surface area contributed by atoms with Gasteiger partial charge < -0.3 is 10.6 Å². The van der Waals surface area contributed by atoms with Crippen LogP contribution in [0.15, 0.2) is 72.8 Å². The Morgan fingerprint density at radius 3 is 2.36 bits per heavy atom. The topological polar surface area (TPSA) is 62.7 Å². The van der Waals surface area contributed by atoms with E-state index in [0.717, 1.165) is 22.1 Å². The van der Waals surface area contributed by atoms with Crippen LogP contribution in [0.4, 0.5) is 27.3 Å². The van der Waals surface area contributed by atoms with Crippen LogP contribution in [-0.2, 0) is 0 Å². The van der Waals surface area contributed by atoms with E-state index < -0.39 is 5.95 Å². The summed E-state index contributed by atoms with van der Waals surface area (Å²) in [6.07, 6.45) is 0. The zero-order valence-corrected chi connectivity index (χ0v) is 13.1. The third-order valence-electron chi connectivity index (χ3n) is 3.81. The average molecular weight is 331 g/mol. The molecule has 4 rings (SSSR count). The number of aromatic nitrogens is 3. The second-order valence-corrected chi connectivity index (χ2v) is 5.45. The van der Waals surface area contributed by atoms with E-state index in [2.05, 4.69) is 26.0 Å². The van der Waals surface area contributed by atoms with E-state index in [1.807, 2.05) is 72.8 Å². The Kier molecular flexibility index (Phi) is 3.92. The first-order valence-corrected chi connectivity index (χ1v) is 7.77. The van der Waals surface area contributed by atoms with Crippen LogP contribution in [0.3, 0.4) is 0 Å². The zero-order valence-electron chi connectivity index (χ0n) is 13.1. The smallest absolute Gasteiger partial charge is 0.262 e. The molecule has 6 heteroatoms. The predicted molar refractivity (Wildman–Crippen MR) is 96.7 cm³/mol. The average Bonchev–Trinajstić information content (AvgIpc) is 2.66. The highest BCUT2D eigenvalue weighted by Crippen LogP contribution is 2.30. The summed E-state index contributed by atoms with van der Waals surface area (Å²) >= 11 is 0. The fourth-order valence-corrected chi connectivity index (χ4v) is 2.63. The van der Waals surface area contributed by atoms with E-state index in [1.54, 1.807) is 0 Å². The van der Waals surface area contributed by atoms with Crippen molar-refractivity contribution in [1.29, 1.82) is 0 Å². The monoisotopic (exact) mass is 331 g/mol. The van der Waals surface area contributed by atoms with Gasteiger partial charge in [0.15, 0.2) is 5.82 Å². The number of hydrogen-bond acceptors (Lipinski definition) is 5. The largest absolute Gasteiger partial charge is 0.349 e. The highest BCUT2D eigenvalue weighted by molar-refractivity contribution is 5.96. The lowest BCUT2D eigenvalue weighted by molar-refractivity contribution is 0.555. The highest BCUT2D eigenvalue weighted by atomic mass is 19.1. The molecule has 0 fully saturated rings. The van der Waals surface area contributed by atoms with Gasteiger partial charge in [0.05, 0.1) is 0 Å². The van der Waals surface area contributed by atoms with Gasteiger partial charge in [0.1, 0.15) is 5.69 Å². The van der Waals surface area contributed by atoms with Crippen molar-refractivity contribution in [2.75, 3.05) is 10.6 Å². The molecule has 0 aliphatic heterocycles. The van der Waals surface area contributed by atoms with Gasteiger partial charge in [0.25, 0.3) is 5.95 Å². The first kappa shape index (κ1) is 15.0. The fourth-order valence-electron chi connectivity index (χ4n) is 2.63. The van der Waals surface area contributed by atoms with E-state index in [1.165, 1.54) is 0 Å². The van der Waals surface area contributed by atoms with Crippen LogP contribution >= 0.6 is 0 Å². The van der Waals surface area contributed by atoms with Gasteiger partial charge in [-0.15, -0.1) is 5.10 Å². The Balaban J connectivity index is 1.74. The number of halogens is 1. The van der Waals surface area contributed by atoms with Crippen LogP contribution in [0.2, 0.25) is 0 Å². The van der Waals surface area contributed by atoms with Crippen molar-refractivity contribution in [2.45, 2.75) is 0 Å². The van der Waals surface area contributed by atoms with Crippen molar-refractivity contribution >= 4 is 33.7 Å². The number of anilines is 4. The number of nitrogens with zero attached hydrogens (tertiary/aromatic N) is 3. The van der Waals surface area contributed by atoms with Gasteiger partial charge in [-0.25, -0.2) is 0 Å². The minimum atomic E-state index is -0.721. The molecule has 1 aromatic heterocycles. The van der Waals surface area contributed by atoms with Crippen LogP contribution in [0, 0.1) is 5.95 Å². The van der Waals surface area contributed by atoms with Gasteiger partial charge in [-0.2, -0.15) is 4.39 Å². The Morgan fingerprint density at radius 2 is 1.48 bits per heavy atom. The maximum Gasteiger partial charge on any atom is 0.262 e. The lowest BCUT2D eigenvalue weighted by Crippen LogP contribution is -2.06. The van der Waals surface area contributed by atoms with Crippen molar-refractivity contribution < 1.29 is 4.39 Å². The quantitative estimate of drug-likeness (QED) is 0.570.